The van der Waals surface area contributed by atoms with Crippen LogP contribution in [0, 0.1) is 0 Å². The monoisotopic (exact) mass is 450 g/mol. The predicted molar refractivity (Wildman–Crippen MR) is 126 cm³/mol. The highest BCUT2D eigenvalue weighted by molar-refractivity contribution is 5.86. The van der Waals surface area contributed by atoms with Gasteiger partial charge < -0.3 is 19.9 Å². The van der Waals surface area contributed by atoms with Crippen LogP contribution in [0.15, 0.2) is 48.6 Å². The van der Waals surface area contributed by atoms with E-state index < -0.39 is 11.0 Å². The molecular formula is C26H27ClN2O3. The highest BCUT2D eigenvalue weighted by atomic mass is 35.5. The first-order valence-electron chi connectivity index (χ1n) is 11.2. The summed E-state index contributed by atoms with van der Waals surface area (Å²) in [7, 11) is 0. The van der Waals surface area contributed by atoms with Gasteiger partial charge in [-0.3, -0.25) is 4.90 Å². The number of phenols is 1. The van der Waals surface area contributed by atoms with Gasteiger partial charge in [-0.1, -0.05) is 36.4 Å². The number of aromatic nitrogens is 1. The number of para-hydroxylation sites is 1. The summed E-state index contributed by atoms with van der Waals surface area (Å²) >= 11 is 0. The minimum absolute atomic E-state index is 0. The second kappa shape index (κ2) is 6.31. The zero-order valence-corrected chi connectivity index (χ0v) is 18.8. The molecule has 2 aromatic carbocycles. The molecule has 4 atom stereocenters. The van der Waals surface area contributed by atoms with Crippen molar-refractivity contribution in [3.8, 4) is 11.5 Å². The van der Waals surface area contributed by atoms with E-state index in [9.17, 15) is 10.2 Å². The van der Waals surface area contributed by atoms with E-state index in [1.54, 1.807) is 6.07 Å². The number of nitrogens with one attached hydrogen (secondary N) is 1. The van der Waals surface area contributed by atoms with E-state index >= 15 is 0 Å². The number of rotatable bonds is 2. The first-order valence-corrected chi connectivity index (χ1v) is 11.2. The standard InChI is InChI=1S/C26H26N2O3.ClH/c1-14(2)13-28-10-9-25-21-15-7-8-19(29)23(21)31-24(25)22-17(12-26(25,30)20(28)11-15)16-5-3-4-6-18(16)27-22;/h3-8,20,24,27,29-30H,1,9-13H2,2H3;1H/t20-,24+,25-,26+;/m1./s1. The van der Waals surface area contributed by atoms with Crippen LogP contribution in [-0.2, 0) is 18.3 Å². The number of aromatic hydroxyl groups is 1. The number of aromatic amines is 1. The maximum absolute atomic E-state index is 12.7. The Morgan fingerprint density at radius 3 is 2.91 bits per heavy atom. The van der Waals surface area contributed by atoms with Gasteiger partial charge in [0, 0.05) is 42.0 Å². The molecule has 3 aromatic rings. The molecule has 3 N–H and O–H groups in total. The maximum Gasteiger partial charge on any atom is 0.166 e. The van der Waals surface area contributed by atoms with Crippen molar-refractivity contribution in [2.24, 2.45) is 0 Å². The molecule has 0 saturated carbocycles. The number of aliphatic hydroxyl groups is 1. The third-order valence-electron chi connectivity index (χ3n) is 8.35. The van der Waals surface area contributed by atoms with Gasteiger partial charge in [0.15, 0.2) is 17.6 Å². The number of likely N-dealkylation sites (tertiary alicyclic amines) is 1. The number of nitrogens with zero attached hydrogens (tertiary/aromatic N) is 1. The number of hydrogen-bond acceptors (Lipinski definition) is 4. The van der Waals surface area contributed by atoms with Crippen LogP contribution in [0.1, 0.15) is 41.8 Å². The maximum atomic E-state index is 12.7. The van der Waals surface area contributed by atoms with Crippen molar-refractivity contribution in [1.82, 2.24) is 9.88 Å². The van der Waals surface area contributed by atoms with Gasteiger partial charge in [-0.25, -0.2) is 0 Å². The van der Waals surface area contributed by atoms with E-state index in [1.165, 1.54) is 5.56 Å². The van der Waals surface area contributed by atoms with E-state index in [2.05, 4.69) is 35.5 Å². The Hall–Kier alpha value is -2.47. The Labute approximate surface area is 193 Å². The van der Waals surface area contributed by atoms with Crippen molar-refractivity contribution >= 4 is 23.3 Å². The number of ether oxygens (including phenoxy) is 1. The average molecular weight is 451 g/mol. The second-order valence-corrected chi connectivity index (χ2v) is 9.98. The number of benzene rings is 2. The van der Waals surface area contributed by atoms with Crippen LogP contribution in [0.4, 0.5) is 0 Å². The van der Waals surface area contributed by atoms with Crippen LogP contribution in [-0.4, -0.2) is 44.8 Å². The van der Waals surface area contributed by atoms with Gasteiger partial charge in [0.05, 0.1) is 16.7 Å². The van der Waals surface area contributed by atoms with Crippen LogP contribution >= 0.6 is 12.4 Å². The molecule has 0 radical (unpaired) electrons. The van der Waals surface area contributed by atoms with Gasteiger partial charge in [0.1, 0.15) is 0 Å². The molecule has 0 amide bonds. The molecule has 166 valence electrons. The molecule has 32 heavy (non-hydrogen) atoms. The van der Waals surface area contributed by atoms with E-state index in [0.29, 0.717) is 12.2 Å². The Morgan fingerprint density at radius 1 is 1.28 bits per heavy atom. The molecule has 5 nitrogen and oxygen atoms in total. The number of fused-ring (bicyclic) bond motifs is 4. The lowest BCUT2D eigenvalue weighted by Crippen LogP contribution is -2.74. The van der Waals surface area contributed by atoms with Gasteiger partial charge in [0.25, 0.3) is 0 Å². The van der Waals surface area contributed by atoms with Gasteiger partial charge in [0.2, 0.25) is 0 Å². The smallest absolute Gasteiger partial charge is 0.166 e. The van der Waals surface area contributed by atoms with Gasteiger partial charge in [-0.15, -0.1) is 12.4 Å². The molecule has 7 rings (SSSR count). The first kappa shape index (κ1) is 20.2. The Morgan fingerprint density at radius 2 is 2.09 bits per heavy atom. The molecule has 2 aliphatic carbocycles. The number of halogens is 1. The molecular weight excluding hydrogens is 424 g/mol. The predicted octanol–water partition coefficient (Wildman–Crippen LogP) is 4.16. The molecule has 0 unspecified atom stereocenters. The number of piperidine rings is 1. The van der Waals surface area contributed by atoms with Crippen LogP contribution in [0.2, 0.25) is 0 Å². The van der Waals surface area contributed by atoms with E-state index in [-0.39, 0.29) is 30.3 Å². The van der Waals surface area contributed by atoms with E-state index in [4.69, 9.17) is 4.74 Å². The van der Waals surface area contributed by atoms with Crippen LogP contribution in [0.5, 0.6) is 11.5 Å². The molecule has 2 bridgehead atoms. The summed E-state index contributed by atoms with van der Waals surface area (Å²) in [4.78, 5) is 6.03. The van der Waals surface area contributed by atoms with Crippen LogP contribution in [0.3, 0.4) is 0 Å². The summed E-state index contributed by atoms with van der Waals surface area (Å²) < 4.78 is 6.57. The second-order valence-electron chi connectivity index (χ2n) is 9.98. The molecule has 6 heteroatoms. The highest BCUT2D eigenvalue weighted by Gasteiger charge is 2.72. The summed E-state index contributed by atoms with van der Waals surface area (Å²) in [6, 6.07) is 12.1. The average Bonchev–Trinajstić information content (AvgIpc) is 3.27. The van der Waals surface area contributed by atoms with Gasteiger partial charge in [-0.2, -0.15) is 0 Å². The van der Waals surface area contributed by atoms with Gasteiger partial charge in [-0.05, 0) is 43.0 Å². The molecule has 1 fully saturated rings. The number of phenolic OH excluding ortho intramolecular Hbond substituents is 1. The Bertz CT molecular complexity index is 1300. The minimum Gasteiger partial charge on any atom is -0.504 e. The molecule has 1 saturated heterocycles. The largest absolute Gasteiger partial charge is 0.504 e. The summed E-state index contributed by atoms with van der Waals surface area (Å²) in [6.07, 6.45) is 1.79. The minimum atomic E-state index is -0.977. The first-order chi connectivity index (χ1) is 14.9. The fourth-order valence-electron chi connectivity index (χ4n) is 7.26. The zero-order valence-electron chi connectivity index (χ0n) is 18.0. The van der Waals surface area contributed by atoms with Crippen molar-refractivity contribution in [2.75, 3.05) is 13.1 Å². The number of H-pyrrole nitrogens is 1. The highest BCUT2D eigenvalue weighted by Crippen LogP contribution is 2.68. The molecule has 2 aliphatic heterocycles. The van der Waals surface area contributed by atoms with Crippen LogP contribution in [0.25, 0.3) is 10.9 Å². The quantitative estimate of drug-likeness (QED) is 0.513. The van der Waals surface area contributed by atoms with Gasteiger partial charge >= 0.3 is 0 Å². The van der Waals surface area contributed by atoms with Crippen molar-refractivity contribution in [1.29, 1.82) is 0 Å². The van der Waals surface area contributed by atoms with Crippen molar-refractivity contribution < 1.29 is 14.9 Å². The van der Waals surface area contributed by atoms with Crippen molar-refractivity contribution in [3.63, 3.8) is 0 Å². The lowest BCUT2D eigenvalue weighted by Gasteiger charge is -2.62. The Balaban J connectivity index is 0.00000196. The summed E-state index contributed by atoms with van der Waals surface area (Å²) in [5.41, 5.74) is 5.08. The molecule has 1 spiro atoms. The summed E-state index contributed by atoms with van der Waals surface area (Å²) in [5, 5.41) is 24.5. The molecule has 1 aromatic heterocycles. The summed E-state index contributed by atoms with van der Waals surface area (Å²) in [6.45, 7) is 7.87. The Kier molecular flexibility index (Phi) is 3.98. The molecule has 4 aliphatic rings. The van der Waals surface area contributed by atoms with Crippen molar-refractivity contribution in [3.05, 3.63) is 70.9 Å². The molecule has 3 heterocycles. The van der Waals surface area contributed by atoms with E-state index in [0.717, 1.165) is 59.2 Å². The lowest BCUT2D eigenvalue weighted by molar-refractivity contribution is -0.170. The number of hydrogen-bond donors (Lipinski definition) is 3. The van der Waals surface area contributed by atoms with E-state index in [1.807, 2.05) is 18.2 Å². The topological polar surface area (TPSA) is 68.7 Å². The fourth-order valence-corrected chi connectivity index (χ4v) is 7.26. The SMILES string of the molecule is C=C(C)CN1CC[C@@]23c4c5ccc(O)c4O[C@H]2c2[nH]c4ccccc4c2C[C@]3(O)[C@H]1C5.Cl. The lowest BCUT2D eigenvalue weighted by atomic mass is 9.49. The fraction of sp³-hybridized carbons (Fsp3) is 0.385. The zero-order chi connectivity index (χ0) is 21.1. The van der Waals surface area contributed by atoms with Crippen LogP contribution < -0.4 is 4.74 Å². The normalized spacial score (nSPS) is 31.4. The third-order valence-corrected chi connectivity index (χ3v) is 8.35. The third kappa shape index (κ3) is 2.12. The van der Waals surface area contributed by atoms with Crippen molar-refractivity contribution in [2.45, 2.75) is 49.3 Å². The summed E-state index contributed by atoms with van der Waals surface area (Å²) in [5.74, 6) is 0.740.